The van der Waals surface area contributed by atoms with Crippen molar-refractivity contribution in [1.82, 2.24) is 9.97 Å². The van der Waals surface area contributed by atoms with E-state index in [0.717, 1.165) is 6.07 Å². The van der Waals surface area contributed by atoms with Gasteiger partial charge in [-0.3, -0.25) is 14.7 Å². The van der Waals surface area contributed by atoms with Gasteiger partial charge in [-0.15, -0.1) is 0 Å². The van der Waals surface area contributed by atoms with Crippen molar-refractivity contribution in [3.8, 4) is 0 Å². The van der Waals surface area contributed by atoms with Gasteiger partial charge in [-0.1, -0.05) is 6.07 Å². The molecule has 0 radical (unpaired) electrons. The molecule has 3 aromatic rings. The van der Waals surface area contributed by atoms with Crippen LogP contribution in [0.1, 0.15) is 5.56 Å². The third-order valence-corrected chi connectivity index (χ3v) is 4.32. The maximum atomic E-state index is 14.0. The lowest BCUT2D eigenvalue weighted by molar-refractivity contribution is 0.571. The smallest absolute Gasteiger partial charge is 0.153 e. The number of hydrogen-bond donors (Lipinski definition) is 1. The van der Waals surface area contributed by atoms with Crippen molar-refractivity contribution in [2.45, 2.75) is 11.8 Å². The summed E-state index contributed by atoms with van der Waals surface area (Å²) in [5, 5.41) is 0. The summed E-state index contributed by atoms with van der Waals surface area (Å²) in [6.07, 6.45) is 3.02. The molecular weight excluding hydrogens is 308 g/mol. The highest BCUT2D eigenvalue weighted by molar-refractivity contribution is 7.86. The molecule has 0 fully saturated rings. The van der Waals surface area contributed by atoms with Crippen LogP contribution in [0, 0.1) is 18.6 Å². The van der Waals surface area contributed by atoms with E-state index in [-0.39, 0.29) is 11.3 Å². The predicted octanol–water partition coefficient (Wildman–Crippen LogP) is 3.35. The maximum Gasteiger partial charge on any atom is 0.153 e. The first-order valence-corrected chi connectivity index (χ1v) is 7.55. The summed E-state index contributed by atoms with van der Waals surface area (Å²) in [6, 6.07) is 7.39. The minimum Gasteiger partial charge on any atom is -0.298 e. The monoisotopic (exact) mass is 319 g/mol. The SMILES string of the molecule is Cc1c(F)ccc(NS(=O)c2cccc3nccnc23)c1F. The van der Waals surface area contributed by atoms with Crippen LogP contribution < -0.4 is 4.72 Å². The molecule has 0 aliphatic rings. The van der Waals surface area contributed by atoms with Crippen LogP contribution in [-0.4, -0.2) is 14.2 Å². The summed E-state index contributed by atoms with van der Waals surface area (Å²) < 4.78 is 42.3. The Hall–Kier alpha value is -2.41. The van der Waals surface area contributed by atoms with E-state index in [1.165, 1.54) is 25.4 Å². The molecule has 0 saturated carbocycles. The second-order valence-corrected chi connectivity index (χ2v) is 5.77. The largest absolute Gasteiger partial charge is 0.298 e. The van der Waals surface area contributed by atoms with Crippen LogP contribution in [0.15, 0.2) is 47.6 Å². The quantitative estimate of drug-likeness (QED) is 0.805. The third-order valence-electron chi connectivity index (χ3n) is 3.18. The molecule has 0 spiro atoms. The summed E-state index contributed by atoms with van der Waals surface area (Å²) in [5.74, 6) is -1.41. The van der Waals surface area contributed by atoms with Crippen LogP contribution in [0.3, 0.4) is 0 Å². The Balaban J connectivity index is 1.99. The summed E-state index contributed by atoms with van der Waals surface area (Å²) >= 11 is 0. The Bertz CT molecular complexity index is 881. The average molecular weight is 319 g/mol. The van der Waals surface area contributed by atoms with Crippen molar-refractivity contribution in [3.63, 3.8) is 0 Å². The van der Waals surface area contributed by atoms with Crippen LogP contribution >= 0.6 is 0 Å². The van der Waals surface area contributed by atoms with E-state index >= 15 is 0 Å². The van der Waals surface area contributed by atoms with Crippen molar-refractivity contribution in [1.29, 1.82) is 0 Å². The highest BCUT2D eigenvalue weighted by Gasteiger charge is 2.15. The molecule has 1 atom stereocenters. The molecule has 0 aliphatic heterocycles. The van der Waals surface area contributed by atoms with E-state index in [4.69, 9.17) is 0 Å². The molecule has 1 N–H and O–H groups in total. The van der Waals surface area contributed by atoms with Gasteiger partial charge in [0.05, 0.1) is 16.1 Å². The fraction of sp³-hybridized carbons (Fsp3) is 0.0667. The van der Waals surface area contributed by atoms with Gasteiger partial charge in [0.2, 0.25) is 0 Å². The highest BCUT2D eigenvalue weighted by atomic mass is 32.2. The van der Waals surface area contributed by atoms with E-state index in [0.29, 0.717) is 15.9 Å². The fourth-order valence-corrected chi connectivity index (χ4v) is 3.01. The van der Waals surface area contributed by atoms with E-state index in [1.807, 2.05) is 0 Å². The molecule has 112 valence electrons. The Morgan fingerprint density at radius 3 is 2.68 bits per heavy atom. The Kier molecular flexibility index (Phi) is 3.81. The Labute approximate surface area is 127 Å². The van der Waals surface area contributed by atoms with Gasteiger partial charge >= 0.3 is 0 Å². The van der Waals surface area contributed by atoms with E-state index < -0.39 is 22.6 Å². The number of hydrogen-bond acceptors (Lipinski definition) is 3. The maximum absolute atomic E-state index is 14.0. The van der Waals surface area contributed by atoms with Crippen molar-refractivity contribution in [3.05, 3.63) is 59.9 Å². The zero-order valence-corrected chi connectivity index (χ0v) is 12.3. The normalized spacial score (nSPS) is 12.3. The first kappa shape index (κ1) is 14.5. The van der Waals surface area contributed by atoms with Crippen LogP contribution in [0.25, 0.3) is 11.0 Å². The second kappa shape index (κ2) is 5.76. The lowest BCUT2D eigenvalue weighted by Gasteiger charge is -2.10. The summed E-state index contributed by atoms with van der Waals surface area (Å²) in [5.41, 5.74) is 0.902. The summed E-state index contributed by atoms with van der Waals surface area (Å²) in [4.78, 5) is 8.66. The van der Waals surface area contributed by atoms with E-state index in [1.54, 1.807) is 18.2 Å². The van der Waals surface area contributed by atoms with Gasteiger partial charge in [-0.25, -0.2) is 13.0 Å². The predicted molar refractivity (Wildman–Crippen MR) is 80.7 cm³/mol. The van der Waals surface area contributed by atoms with Gasteiger partial charge in [0.25, 0.3) is 0 Å². The number of halogens is 2. The molecule has 1 heterocycles. The number of benzene rings is 2. The van der Waals surface area contributed by atoms with E-state index in [9.17, 15) is 13.0 Å². The van der Waals surface area contributed by atoms with Crippen LogP contribution in [0.2, 0.25) is 0 Å². The minimum absolute atomic E-state index is 0.0295. The molecule has 0 saturated heterocycles. The molecule has 4 nitrogen and oxygen atoms in total. The minimum atomic E-state index is -1.75. The number of nitrogens with one attached hydrogen (secondary N) is 1. The molecule has 0 amide bonds. The van der Waals surface area contributed by atoms with Gasteiger partial charge < -0.3 is 0 Å². The van der Waals surface area contributed by atoms with Crippen molar-refractivity contribution >= 4 is 27.7 Å². The second-order valence-electron chi connectivity index (χ2n) is 4.58. The lowest BCUT2D eigenvalue weighted by Crippen LogP contribution is -2.08. The zero-order valence-electron chi connectivity index (χ0n) is 11.5. The summed E-state index contributed by atoms with van der Waals surface area (Å²) in [7, 11) is -1.75. The van der Waals surface area contributed by atoms with Crippen LogP contribution in [0.5, 0.6) is 0 Å². The molecule has 2 aromatic carbocycles. The number of nitrogens with zero attached hydrogens (tertiary/aromatic N) is 2. The number of rotatable bonds is 3. The third kappa shape index (κ3) is 2.55. The number of aromatic nitrogens is 2. The van der Waals surface area contributed by atoms with Gasteiger partial charge in [0.15, 0.2) is 16.8 Å². The number of fused-ring (bicyclic) bond motifs is 1. The fourth-order valence-electron chi connectivity index (χ4n) is 2.01. The van der Waals surface area contributed by atoms with Gasteiger partial charge in [-0.2, -0.15) is 0 Å². The van der Waals surface area contributed by atoms with E-state index in [2.05, 4.69) is 14.7 Å². The molecule has 0 aliphatic carbocycles. The number of anilines is 1. The van der Waals surface area contributed by atoms with Crippen LogP contribution in [-0.2, 0) is 11.0 Å². The topological polar surface area (TPSA) is 54.9 Å². The molecule has 3 rings (SSSR count). The van der Waals surface area contributed by atoms with Gasteiger partial charge in [0, 0.05) is 18.0 Å². The molecule has 7 heteroatoms. The van der Waals surface area contributed by atoms with Crippen molar-refractivity contribution in [2.24, 2.45) is 0 Å². The Morgan fingerprint density at radius 2 is 1.86 bits per heavy atom. The van der Waals surface area contributed by atoms with Crippen molar-refractivity contribution in [2.75, 3.05) is 4.72 Å². The molecule has 1 aromatic heterocycles. The highest BCUT2D eigenvalue weighted by Crippen LogP contribution is 2.24. The Morgan fingerprint density at radius 1 is 1.09 bits per heavy atom. The molecule has 22 heavy (non-hydrogen) atoms. The standard InChI is InChI=1S/C15H11F2N3OS/c1-9-10(16)5-6-11(14(9)17)20-22(21)13-4-2-3-12-15(13)19-8-7-18-12/h2-8,20H,1H3. The molecule has 1 unspecified atom stereocenters. The van der Waals surface area contributed by atoms with Gasteiger partial charge in [-0.05, 0) is 31.2 Å². The molecular formula is C15H11F2N3OS. The lowest BCUT2D eigenvalue weighted by atomic mass is 10.2. The first-order chi connectivity index (χ1) is 10.6. The molecule has 0 bridgehead atoms. The number of para-hydroxylation sites is 1. The zero-order chi connectivity index (χ0) is 15.7. The van der Waals surface area contributed by atoms with Crippen LogP contribution in [0.4, 0.5) is 14.5 Å². The average Bonchev–Trinajstić information content (AvgIpc) is 2.55. The van der Waals surface area contributed by atoms with Crippen molar-refractivity contribution < 1.29 is 13.0 Å². The summed E-state index contributed by atoms with van der Waals surface area (Å²) in [6.45, 7) is 1.32. The first-order valence-electron chi connectivity index (χ1n) is 6.40. The van der Waals surface area contributed by atoms with Gasteiger partial charge in [0.1, 0.15) is 11.3 Å².